The maximum absolute atomic E-state index is 9.58. The Labute approximate surface area is 91.1 Å². The van der Waals surface area contributed by atoms with Gasteiger partial charge in [-0.1, -0.05) is 13.3 Å². The van der Waals surface area contributed by atoms with Gasteiger partial charge in [0.15, 0.2) is 0 Å². The fourth-order valence-electron chi connectivity index (χ4n) is 1.65. The van der Waals surface area contributed by atoms with Gasteiger partial charge in [-0.15, -0.1) is 0 Å². The highest BCUT2D eigenvalue weighted by Gasteiger charge is 2.11. The number of nitrogens with zero attached hydrogens (tertiary/aromatic N) is 1. The van der Waals surface area contributed by atoms with Gasteiger partial charge in [-0.2, -0.15) is 5.10 Å². The molecule has 4 heteroatoms. The monoisotopic (exact) mass is 211 g/mol. The molecule has 0 bridgehead atoms. The Kier molecular flexibility index (Phi) is 4.78. The van der Waals surface area contributed by atoms with Crippen LogP contribution in [0.5, 0.6) is 0 Å². The first-order valence-electron chi connectivity index (χ1n) is 5.56. The van der Waals surface area contributed by atoms with Gasteiger partial charge in [-0.25, -0.2) is 0 Å². The molecular formula is C11H21N3O. The summed E-state index contributed by atoms with van der Waals surface area (Å²) in [6, 6.07) is 0.232. The molecule has 0 saturated carbocycles. The fourth-order valence-corrected chi connectivity index (χ4v) is 1.65. The molecule has 0 saturated heterocycles. The van der Waals surface area contributed by atoms with Gasteiger partial charge >= 0.3 is 0 Å². The lowest BCUT2D eigenvalue weighted by Crippen LogP contribution is -2.29. The van der Waals surface area contributed by atoms with E-state index in [1.807, 2.05) is 13.1 Å². The highest BCUT2D eigenvalue weighted by Crippen LogP contribution is 2.14. The van der Waals surface area contributed by atoms with Gasteiger partial charge in [0, 0.05) is 23.8 Å². The SMILES string of the molecule is CCCC(O)CNC(C)c1cn[nH]c1C. The summed E-state index contributed by atoms with van der Waals surface area (Å²) in [5, 5.41) is 19.8. The summed E-state index contributed by atoms with van der Waals surface area (Å²) in [4.78, 5) is 0. The number of aliphatic hydroxyl groups excluding tert-OH is 1. The number of aryl methyl sites for hydroxylation is 1. The summed E-state index contributed by atoms with van der Waals surface area (Å²) in [5.41, 5.74) is 2.25. The van der Waals surface area contributed by atoms with Crippen LogP contribution < -0.4 is 5.32 Å². The molecule has 0 amide bonds. The van der Waals surface area contributed by atoms with Crippen LogP contribution in [-0.4, -0.2) is 28.0 Å². The van der Waals surface area contributed by atoms with Crippen molar-refractivity contribution in [2.75, 3.05) is 6.54 Å². The lowest BCUT2D eigenvalue weighted by molar-refractivity contribution is 0.157. The van der Waals surface area contributed by atoms with E-state index in [0.717, 1.165) is 18.5 Å². The highest BCUT2D eigenvalue weighted by molar-refractivity contribution is 5.18. The molecule has 2 unspecified atom stereocenters. The van der Waals surface area contributed by atoms with Gasteiger partial charge < -0.3 is 10.4 Å². The molecule has 1 aromatic heterocycles. The van der Waals surface area contributed by atoms with Gasteiger partial charge in [0.05, 0.1) is 12.3 Å². The molecule has 15 heavy (non-hydrogen) atoms. The van der Waals surface area contributed by atoms with Crippen molar-refractivity contribution in [2.24, 2.45) is 0 Å². The Bertz CT molecular complexity index is 285. The molecule has 0 aromatic carbocycles. The van der Waals surface area contributed by atoms with E-state index in [0.29, 0.717) is 6.54 Å². The third-order valence-corrected chi connectivity index (χ3v) is 2.62. The van der Waals surface area contributed by atoms with Crippen molar-refractivity contribution < 1.29 is 5.11 Å². The predicted octanol–water partition coefficient (Wildman–Crippen LogP) is 1.53. The number of H-pyrrole nitrogens is 1. The van der Waals surface area contributed by atoms with Gasteiger partial charge in [0.1, 0.15) is 0 Å². The Morgan fingerprint density at radius 2 is 2.33 bits per heavy atom. The van der Waals surface area contributed by atoms with Gasteiger partial charge in [-0.3, -0.25) is 5.10 Å². The summed E-state index contributed by atoms with van der Waals surface area (Å²) in [6.07, 6.45) is 3.45. The van der Waals surface area contributed by atoms with Crippen molar-refractivity contribution in [3.63, 3.8) is 0 Å². The summed E-state index contributed by atoms with van der Waals surface area (Å²) >= 11 is 0. The minimum absolute atomic E-state index is 0.232. The van der Waals surface area contributed by atoms with Crippen molar-refractivity contribution in [1.29, 1.82) is 0 Å². The second kappa shape index (κ2) is 5.88. The lowest BCUT2D eigenvalue weighted by atomic mass is 10.1. The van der Waals surface area contributed by atoms with E-state index >= 15 is 0 Å². The average molecular weight is 211 g/mol. The third-order valence-electron chi connectivity index (χ3n) is 2.62. The zero-order chi connectivity index (χ0) is 11.3. The van der Waals surface area contributed by atoms with E-state index in [2.05, 4.69) is 29.4 Å². The predicted molar refractivity (Wildman–Crippen MR) is 60.7 cm³/mol. The lowest BCUT2D eigenvalue weighted by Gasteiger charge is -2.16. The van der Waals surface area contributed by atoms with E-state index < -0.39 is 0 Å². The van der Waals surface area contributed by atoms with Crippen LogP contribution in [0.15, 0.2) is 6.20 Å². The number of rotatable bonds is 6. The number of aromatic nitrogens is 2. The molecule has 0 aliphatic rings. The Balaban J connectivity index is 2.36. The van der Waals surface area contributed by atoms with Crippen LogP contribution in [-0.2, 0) is 0 Å². The third kappa shape index (κ3) is 3.64. The number of hydrogen-bond acceptors (Lipinski definition) is 3. The molecule has 1 aromatic rings. The molecule has 0 fully saturated rings. The quantitative estimate of drug-likeness (QED) is 0.668. The first-order chi connectivity index (χ1) is 7.15. The van der Waals surface area contributed by atoms with E-state index in [-0.39, 0.29) is 12.1 Å². The molecule has 0 radical (unpaired) electrons. The Morgan fingerprint density at radius 1 is 1.60 bits per heavy atom. The highest BCUT2D eigenvalue weighted by atomic mass is 16.3. The second-order valence-corrected chi connectivity index (χ2v) is 4.02. The number of aromatic amines is 1. The maximum Gasteiger partial charge on any atom is 0.0664 e. The molecule has 2 atom stereocenters. The standard InChI is InChI=1S/C11H21N3O/c1-4-5-10(15)6-12-8(2)11-7-13-14-9(11)3/h7-8,10,12,15H,4-6H2,1-3H3,(H,13,14). The van der Waals surface area contributed by atoms with Crippen LogP contribution >= 0.6 is 0 Å². The van der Waals surface area contributed by atoms with Gasteiger partial charge in [0.2, 0.25) is 0 Å². The molecule has 0 aliphatic carbocycles. The molecule has 0 aliphatic heterocycles. The van der Waals surface area contributed by atoms with E-state index in [4.69, 9.17) is 0 Å². The van der Waals surface area contributed by atoms with Crippen molar-refractivity contribution in [2.45, 2.75) is 45.8 Å². The van der Waals surface area contributed by atoms with Crippen LogP contribution in [0.3, 0.4) is 0 Å². The van der Waals surface area contributed by atoms with Crippen LogP contribution in [0, 0.1) is 6.92 Å². The van der Waals surface area contributed by atoms with Gasteiger partial charge in [0.25, 0.3) is 0 Å². The molecule has 1 heterocycles. The zero-order valence-electron chi connectivity index (χ0n) is 9.75. The average Bonchev–Trinajstić information content (AvgIpc) is 2.61. The number of hydrogen-bond donors (Lipinski definition) is 3. The van der Waals surface area contributed by atoms with E-state index in [1.165, 1.54) is 5.56 Å². The molecule has 3 N–H and O–H groups in total. The Morgan fingerprint density at radius 3 is 2.87 bits per heavy atom. The first kappa shape index (κ1) is 12.2. The minimum atomic E-state index is -0.246. The fraction of sp³-hybridized carbons (Fsp3) is 0.727. The van der Waals surface area contributed by atoms with Crippen molar-refractivity contribution >= 4 is 0 Å². The molecular weight excluding hydrogens is 190 g/mol. The summed E-state index contributed by atoms with van der Waals surface area (Å²) in [5.74, 6) is 0. The van der Waals surface area contributed by atoms with Crippen LogP contribution in [0.25, 0.3) is 0 Å². The van der Waals surface area contributed by atoms with Crippen LogP contribution in [0.4, 0.5) is 0 Å². The van der Waals surface area contributed by atoms with Crippen LogP contribution in [0.2, 0.25) is 0 Å². The smallest absolute Gasteiger partial charge is 0.0664 e. The molecule has 0 spiro atoms. The maximum atomic E-state index is 9.58. The molecule has 1 rings (SSSR count). The molecule has 4 nitrogen and oxygen atoms in total. The first-order valence-corrected chi connectivity index (χ1v) is 5.56. The number of nitrogens with one attached hydrogen (secondary N) is 2. The number of aliphatic hydroxyl groups is 1. The van der Waals surface area contributed by atoms with Crippen molar-refractivity contribution in [3.8, 4) is 0 Å². The Hall–Kier alpha value is -0.870. The summed E-state index contributed by atoms with van der Waals surface area (Å²) < 4.78 is 0. The van der Waals surface area contributed by atoms with Crippen LogP contribution in [0.1, 0.15) is 44.0 Å². The van der Waals surface area contributed by atoms with Gasteiger partial charge in [-0.05, 0) is 20.3 Å². The normalized spacial score (nSPS) is 15.2. The van der Waals surface area contributed by atoms with E-state index in [9.17, 15) is 5.11 Å². The second-order valence-electron chi connectivity index (χ2n) is 4.02. The topological polar surface area (TPSA) is 60.9 Å². The van der Waals surface area contributed by atoms with Crippen molar-refractivity contribution in [1.82, 2.24) is 15.5 Å². The van der Waals surface area contributed by atoms with E-state index in [1.54, 1.807) is 0 Å². The summed E-state index contributed by atoms with van der Waals surface area (Å²) in [6.45, 7) is 6.80. The summed E-state index contributed by atoms with van der Waals surface area (Å²) in [7, 11) is 0. The zero-order valence-corrected chi connectivity index (χ0v) is 9.75. The largest absolute Gasteiger partial charge is 0.392 e. The van der Waals surface area contributed by atoms with Crippen molar-refractivity contribution in [3.05, 3.63) is 17.5 Å². The molecule has 86 valence electrons. The minimum Gasteiger partial charge on any atom is -0.392 e.